The lowest BCUT2D eigenvalue weighted by Gasteiger charge is -2.37. The molecule has 0 bridgehead atoms. The van der Waals surface area contributed by atoms with Crippen LogP contribution in [0.5, 0.6) is 11.5 Å². The molecule has 8 nitrogen and oxygen atoms in total. The van der Waals surface area contributed by atoms with Crippen molar-refractivity contribution in [2.75, 3.05) is 44.6 Å². The van der Waals surface area contributed by atoms with Crippen LogP contribution in [-0.4, -0.2) is 67.2 Å². The maximum absolute atomic E-state index is 13.3. The molecule has 1 fully saturated rings. The van der Waals surface area contributed by atoms with Crippen LogP contribution < -0.4 is 20.7 Å². The minimum atomic E-state index is -0.267. The Balaban J connectivity index is 1.24. The van der Waals surface area contributed by atoms with Gasteiger partial charge in [-0.3, -0.25) is 9.59 Å². The van der Waals surface area contributed by atoms with Gasteiger partial charge in [0, 0.05) is 32.1 Å². The van der Waals surface area contributed by atoms with Gasteiger partial charge in [0.2, 0.25) is 5.91 Å². The molecule has 2 aromatic rings. The molecule has 0 aromatic heterocycles. The number of amides is 2. The molecule has 1 heterocycles. The summed E-state index contributed by atoms with van der Waals surface area (Å²) in [5, 5.41) is 19.7. The van der Waals surface area contributed by atoms with Crippen LogP contribution in [0.2, 0.25) is 0 Å². The summed E-state index contributed by atoms with van der Waals surface area (Å²) in [6, 6.07) is 14.1. The van der Waals surface area contributed by atoms with Crippen molar-refractivity contribution in [3.8, 4) is 11.5 Å². The largest absolute Gasteiger partial charge is 0.506 e. The molecule has 0 radical (unpaired) electrons. The lowest BCUT2D eigenvalue weighted by molar-refractivity contribution is -0.134. The molecule has 2 aromatic carbocycles. The summed E-state index contributed by atoms with van der Waals surface area (Å²) in [5.74, 6) is 1.08. The molecule has 0 saturated heterocycles. The van der Waals surface area contributed by atoms with Crippen molar-refractivity contribution < 1.29 is 19.4 Å². The van der Waals surface area contributed by atoms with Crippen molar-refractivity contribution in [2.45, 2.75) is 64.3 Å². The number of rotatable bonds is 14. The van der Waals surface area contributed by atoms with Gasteiger partial charge in [-0.2, -0.15) is 0 Å². The number of fused-ring (bicyclic) bond motifs is 1. The van der Waals surface area contributed by atoms with Crippen LogP contribution in [0.25, 0.3) is 0 Å². The second kappa shape index (κ2) is 14.9. The molecule has 2 aliphatic rings. The van der Waals surface area contributed by atoms with Crippen LogP contribution in [0.15, 0.2) is 42.5 Å². The molecule has 2 amide bonds. The third-order valence-electron chi connectivity index (χ3n) is 8.02. The van der Waals surface area contributed by atoms with Crippen molar-refractivity contribution in [3.63, 3.8) is 0 Å². The quantitative estimate of drug-likeness (QED) is 0.216. The molecule has 212 valence electrons. The Morgan fingerprint density at radius 2 is 1.77 bits per heavy atom. The highest BCUT2D eigenvalue weighted by Crippen LogP contribution is 2.39. The molecule has 1 atom stereocenters. The number of carbonyl (C=O) groups is 2. The SMILES string of the molecule is CC(C1CCCCC1)N(CCNCCc1ccc(O)c2c1OCC(=O)N2)C(=O)CCNCCc1ccccc1. The standard InChI is InChI=1S/C31H44N4O4/c1-23(25-10-6-3-7-11-25)35(29(38)16-19-32-17-14-24-8-4-2-5-9-24)21-20-33-18-15-26-12-13-27(36)30-31(26)39-22-28(37)34-30/h2,4-5,8-9,12-13,23,25,32-33,36H,3,6-7,10-11,14-22H2,1H3,(H,34,37). The number of ether oxygens (including phenoxy) is 1. The molecule has 1 aliphatic carbocycles. The molecule has 39 heavy (non-hydrogen) atoms. The Labute approximate surface area is 232 Å². The van der Waals surface area contributed by atoms with Gasteiger partial charge in [-0.1, -0.05) is 55.7 Å². The number of aromatic hydroxyl groups is 1. The number of nitrogens with zero attached hydrogens (tertiary/aromatic N) is 1. The third kappa shape index (κ3) is 8.44. The van der Waals surface area contributed by atoms with Gasteiger partial charge in [-0.25, -0.2) is 0 Å². The number of phenols is 1. The van der Waals surface area contributed by atoms with E-state index in [9.17, 15) is 14.7 Å². The molecule has 8 heteroatoms. The van der Waals surface area contributed by atoms with Crippen LogP contribution in [0.1, 0.15) is 56.6 Å². The van der Waals surface area contributed by atoms with Crippen molar-refractivity contribution in [3.05, 3.63) is 53.6 Å². The topological polar surface area (TPSA) is 103 Å². The zero-order valence-corrected chi connectivity index (χ0v) is 23.2. The summed E-state index contributed by atoms with van der Waals surface area (Å²) in [7, 11) is 0. The monoisotopic (exact) mass is 536 g/mol. The van der Waals surface area contributed by atoms with Crippen molar-refractivity contribution in [2.24, 2.45) is 5.92 Å². The number of anilines is 1. The number of nitrogens with one attached hydrogen (secondary N) is 3. The van der Waals surface area contributed by atoms with Gasteiger partial charge < -0.3 is 30.7 Å². The van der Waals surface area contributed by atoms with Crippen LogP contribution in [0, 0.1) is 5.92 Å². The second-order valence-electron chi connectivity index (χ2n) is 10.7. The second-order valence-corrected chi connectivity index (χ2v) is 10.7. The van der Waals surface area contributed by atoms with E-state index in [4.69, 9.17) is 4.74 Å². The molecule has 1 saturated carbocycles. The highest BCUT2D eigenvalue weighted by atomic mass is 16.5. The van der Waals surface area contributed by atoms with Crippen LogP contribution >= 0.6 is 0 Å². The number of phenolic OH excluding ortho intramolecular Hbond substituents is 1. The lowest BCUT2D eigenvalue weighted by atomic mass is 9.84. The van der Waals surface area contributed by atoms with E-state index in [1.165, 1.54) is 37.7 Å². The zero-order chi connectivity index (χ0) is 27.5. The first-order valence-corrected chi connectivity index (χ1v) is 14.5. The summed E-state index contributed by atoms with van der Waals surface area (Å²) in [6.07, 6.45) is 8.39. The van der Waals surface area contributed by atoms with Gasteiger partial charge >= 0.3 is 0 Å². The Morgan fingerprint density at radius 1 is 1.03 bits per heavy atom. The first-order valence-electron chi connectivity index (χ1n) is 14.5. The average Bonchev–Trinajstić information content (AvgIpc) is 2.96. The zero-order valence-electron chi connectivity index (χ0n) is 23.2. The van der Waals surface area contributed by atoms with Gasteiger partial charge in [0.25, 0.3) is 5.91 Å². The van der Waals surface area contributed by atoms with Gasteiger partial charge in [-0.15, -0.1) is 0 Å². The van der Waals surface area contributed by atoms with Crippen LogP contribution in [0.3, 0.4) is 0 Å². The summed E-state index contributed by atoms with van der Waals surface area (Å²) in [4.78, 5) is 27.1. The highest BCUT2D eigenvalue weighted by molar-refractivity contribution is 5.97. The van der Waals surface area contributed by atoms with Gasteiger partial charge in [0.1, 0.15) is 11.4 Å². The van der Waals surface area contributed by atoms with Crippen LogP contribution in [-0.2, 0) is 22.4 Å². The van der Waals surface area contributed by atoms with E-state index in [2.05, 4.69) is 52.0 Å². The van der Waals surface area contributed by atoms with E-state index >= 15 is 0 Å². The molecule has 1 aliphatic heterocycles. The Morgan fingerprint density at radius 3 is 2.56 bits per heavy atom. The van der Waals surface area contributed by atoms with E-state index < -0.39 is 0 Å². The average molecular weight is 537 g/mol. The Kier molecular flexibility index (Phi) is 11.0. The van der Waals surface area contributed by atoms with Crippen molar-refractivity contribution >= 4 is 17.5 Å². The molecular formula is C31H44N4O4. The van der Waals surface area contributed by atoms with Crippen molar-refractivity contribution in [1.82, 2.24) is 15.5 Å². The maximum atomic E-state index is 13.3. The van der Waals surface area contributed by atoms with Gasteiger partial charge in [0.15, 0.2) is 12.4 Å². The number of hydrogen-bond donors (Lipinski definition) is 4. The minimum absolute atomic E-state index is 0.00942. The molecule has 0 spiro atoms. The lowest BCUT2D eigenvalue weighted by Crippen LogP contribution is -2.47. The summed E-state index contributed by atoms with van der Waals surface area (Å²) < 4.78 is 5.59. The Bertz CT molecular complexity index is 1070. The van der Waals surface area contributed by atoms with E-state index in [0.717, 1.165) is 18.5 Å². The van der Waals surface area contributed by atoms with Crippen molar-refractivity contribution in [1.29, 1.82) is 0 Å². The number of carbonyl (C=O) groups excluding carboxylic acids is 2. The summed E-state index contributed by atoms with van der Waals surface area (Å²) in [6.45, 7) is 5.83. The number of benzene rings is 2. The van der Waals surface area contributed by atoms with E-state index in [0.29, 0.717) is 56.4 Å². The molecule has 1 unspecified atom stereocenters. The van der Waals surface area contributed by atoms with E-state index in [1.54, 1.807) is 6.07 Å². The predicted octanol–water partition coefficient (Wildman–Crippen LogP) is 3.88. The fraction of sp³-hybridized carbons (Fsp3) is 0.548. The van der Waals surface area contributed by atoms with Crippen LogP contribution in [0.4, 0.5) is 5.69 Å². The van der Waals surface area contributed by atoms with Gasteiger partial charge in [-0.05, 0) is 68.8 Å². The smallest absolute Gasteiger partial charge is 0.262 e. The number of hydrogen-bond acceptors (Lipinski definition) is 6. The molecule has 4 rings (SSSR count). The van der Waals surface area contributed by atoms with E-state index in [1.807, 2.05) is 12.1 Å². The maximum Gasteiger partial charge on any atom is 0.262 e. The molecule has 4 N–H and O–H groups in total. The molecular weight excluding hydrogens is 492 g/mol. The fourth-order valence-corrected chi connectivity index (χ4v) is 5.73. The van der Waals surface area contributed by atoms with Gasteiger partial charge in [0.05, 0.1) is 0 Å². The van der Waals surface area contributed by atoms with E-state index in [-0.39, 0.29) is 30.2 Å². The summed E-state index contributed by atoms with van der Waals surface area (Å²) in [5.41, 5.74) is 2.58. The highest BCUT2D eigenvalue weighted by Gasteiger charge is 2.28. The first kappa shape index (κ1) is 28.9. The third-order valence-corrected chi connectivity index (χ3v) is 8.02. The minimum Gasteiger partial charge on any atom is -0.506 e. The first-order chi connectivity index (χ1) is 19.0. The summed E-state index contributed by atoms with van der Waals surface area (Å²) >= 11 is 0. The normalized spacial score (nSPS) is 16.2. The Hall–Kier alpha value is -3.10. The predicted molar refractivity (Wildman–Crippen MR) is 154 cm³/mol. The fourth-order valence-electron chi connectivity index (χ4n) is 5.73.